The van der Waals surface area contributed by atoms with Crippen LogP contribution in [0.1, 0.15) is 9.75 Å². The van der Waals surface area contributed by atoms with E-state index in [0.717, 1.165) is 4.88 Å². The zero-order valence-corrected chi connectivity index (χ0v) is 7.91. The molecule has 1 rings (SSSR count). The summed E-state index contributed by atoms with van der Waals surface area (Å²) < 4.78 is -0.0520. The van der Waals surface area contributed by atoms with Gasteiger partial charge in [0.25, 0.3) is 0 Å². The van der Waals surface area contributed by atoms with Crippen molar-refractivity contribution in [2.24, 2.45) is 0 Å². The highest BCUT2D eigenvalue weighted by Crippen LogP contribution is 2.16. The summed E-state index contributed by atoms with van der Waals surface area (Å²) in [7, 11) is 0. The summed E-state index contributed by atoms with van der Waals surface area (Å²) in [5.41, 5.74) is 0. The lowest BCUT2D eigenvalue weighted by Gasteiger charge is -1.85. The largest absolute Gasteiger partial charge is 0.286 e. The van der Waals surface area contributed by atoms with Gasteiger partial charge in [0.05, 0.1) is 6.42 Å². The molecule has 0 aromatic carbocycles. The van der Waals surface area contributed by atoms with Gasteiger partial charge in [-0.1, -0.05) is 0 Å². The summed E-state index contributed by atoms with van der Waals surface area (Å²) in [6.07, 6.45) is 0.367. The average Bonchev–Trinajstić information content (AvgIpc) is 2.34. The Balaban J connectivity index is 2.75. The molecule has 1 heterocycles. The molecule has 1 aromatic heterocycles. The Hall–Kier alpha value is -0.660. The molecule has 0 radical (unpaired) electrons. The third-order valence-electron chi connectivity index (χ3n) is 1.09. The maximum Gasteiger partial charge on any atom is 0.202 e. The van der Waals surface area contributed by atoms with Crippen LogP contribution in [-0.2, 0) is 11.2 Å². The summed E-state index contributed by atoms with van der Waals surface area (Å²) in [6.45, 7) is 0. The van der Waals surface area contributed by atoms with Crippen molar-refractivity contribution in [1.82, 2.24) is 0 Å². The minimum atomic E-state index is -0.0520. The number of hydrogen-bond donors (Lipinski definition) is 0. The van der Waals surface area contributed by atoms with E-state index in [1.807, 2.05) is 6.07 Å². The molecule has 1 aromatic rings. The third-order valence-corrected chi connectivity index (χ3v) is 2.36. The number of carbonyl (C=O) groups excluding carboxylic acids is 1. The van der Waals surface area contributed by atoms with Gasteiger partial charge in [-0.15, -0.1) is 11.3 Å². The second-order valence-corrected chi connectivity index (χ2v) is 3.96. The van der Waals surface area contributed by atoms with Gasteiger partial charge < -0.3 is 0 Å². The van der Waals surface area contributed by atoms with Gasteiger partial charge in [0.2, 0.25) is 4.69 Å². The van der Waals surface area contributed by atoms with Crippen molar-refractivity contribution >= 4 is 32.0 Å². The summed E-state index contributed by atoms with van der Waals surface area (Å²) in [5, 5.41) is 8.45. The van der Waals surface area contributed by atoms with Crippen LogP contribution in [0.5, 0.6) is 0 Å². The predicted octanol–water partition coefficient (Wildman–Crippen LogP) is 2.08. The minimum absolute atomic E-state index is 0.0520. The van der Waals surface area contributed by atoms with Gasteiger partial charge in [-0.2, -0.15) is 5.26 Å². The molecule has 0 amide bonds. The van der Waals surface area contributed by atoms with Crippen molar-refractivity contribution in [2.75, 3.05) is 0 Å². The molecule has 0 fully saturated rings. The molecule has 0 bridgehead atoms. The van der Waals surface area contributed by atoms with Gasteiger partial charge in [-0.25, -0.2) is 0 Å². The van der Waals surface area contributed by atoms with Crippen molar-refractivity contribution in [1.29, 1.82) is 5.26 Å². The quantitative estimate of drug-likeness (QED) is 0.730. The van der Waals surface area contributed by atoms with Gasteiger partial charge >= 0.3 is 0 Å². The maximum atomic E-state index is 10.6. The van der Waals surface area contributed by atoms with Crippen molar-refractivity contribution in [3.05, 3.63) is 21.9 Å². The summed E-state index contributed by atoms with van der Waals surface area (Å²) in [5.74, 6) is 0. The average molecular weight is 230 g/mol. The van der Waals surface area contributed by atoms with E-state index in [0.29, 0.717) is 11.3 Å². The Bertz CT molecular complexity index is 312. The Kier molecular flexibility index (Phi) is 2.80. The molecule has 4 heteroatoms. The summed E-state index contributed by atoms with van der Waals surface area (Å²) >= 11 is 4.18. The van der Waals surface area contributed by atoms with E-state index in [1.165, 1.54) is 11.3 Å². The lowest BCUT2D eigenvalue weighted by molar-refractivity contribution is -0.109. The fourth-order valence-corrected chi connectivity index (χ4v) is 1.96. The molecule has 0 aliphatic rings. The Morgan fingerprint density at radius 2 is 2.45 bits per heavy atom. The molecular formula is C7H4BrNOS. The monoisotopic (exact) mass is 229 g/mol. The lowest BCUT2D eigenvalue weighted by atomic mass is 10.4. The van der Waals surface area contributed by atoms with Gasteiger partial charge in [-0.05, 0) is 28.1 Å². The van der Waals surface area contributed by atoms with E-state index in [4.69, 9.17) is 5.26 Å². The first-order valence-electron chi connectivity index (χ1n) is 2.89. The van der Waals surface area contributed by atoms with E-state index in [1.54, 1.807) is 12.1 Å². The van der Waals surface area contributed by atoms with Crippen LogP contribution in [0.3, 0.4) is 0 Å². The van der Waals surface area contributed by atoms with Crippen LogP contribution in [0.2, 0.25) is 0 Å². The fourth-order valence-electron chi connectivity index (χ4n) is 0.670. The van der Waals surface area contributed by atoms with Crippen molar-refractivity contribution in [3.63, 3.8) is 0 Å². The van der Waals surface area contributed by atoms with E-state index in [9.17, 15) is 4.79 Å². The molecule has 2 nitrogen and oxygen atoms in total. The molecule has 11 heavy (non-hydrogen) atoms. The molecule has 0 N–H and O–H groups in total. The molecule has 0 aliphatic carbocycles. The molecule has 0 saturated carbocycles. The maximum absolute atomic E-state index is 10.6. The Labute approximate surface area is 76.6 Å². The molecule has 0 aliphatic heterocycles. The van der Waals surface area contributed by atoms with Gasteiger partial charge in [-0.3, -0.25) is 4.79 Å². The highest BCUT2D eigenvalue weighted by Gasteiger charge is 2.02. The standard InChI is InChI=1S/C7H4BrNOS/c8-7(10)3-5-1-2-6(4-9)11-5/h1-2H,3H2. The normalized spacial score (nSPS) is 9.09. The van der Waals surface area contributed by atoms with Crippen molar-refractivity contribution in [3.8, 4) is 6.07 Å². The second-order valence-electron chi connectivity index (χ2n) is 1.91. The number of carbonyl (C=O) groups is 1. The number of nitrogens with zero attached hydrogens (tertiary/aromatic N) is 1. The molecule has 0 unspecified atom stereocenters. The first-order chi connectivity index (χ1) is 5.22. The van der Waals surface area contributed by atoms with Gasteiger partial charge in [0.1, 0.15) is 10.9 Å². The number of nitriles is 1. The second kappa shape index (κ2) is 3.65. The van der Waals surface area contributed by atoms with Gasteiger partial charge in [0.15, 0.2) is 0 Å². The molecule has 0 spiro atoms. The number of rotatable bonds is 2. The number of hydrogen-bond acceptors (Lipinski definition) is 3. The first-order valence-corrected chi connectivity index (χ1v) is 4.50. The van der Waals surface area contributed by atoms with Crippen LogP contribution in [0.4, 0.5) is 0 Å². The number of thiophene rings is 1. The van der Waals surface area contributed by atoms with Gasteiger partial charge in [0, 0.05) is 4.88 Å². The highest BCUT2D eigenvalue weighted by atomic mass is 79.9. The van der Waals surface area contributed by atoms with Crippen molar-refractivity contribution in [2.45, 2.75) is 6.42 Å². The zero-order valence-electron chi connectivity index (χ0n) is 5.50. The Morgan fingerprint density at radius 1 is 1.73 bits per heavy atom. The number of halogens is 1. The lowest BCUT2D eigenvalue weighted by Crippen LogP contribution is -1.87. The third kappa shape index (κ3) is 2.45. The highest BCUT2D eigenvalue weighted by molar-refractivity contribution is 9.18. The minimum Gasteiger partial charge on any atom is -0.286 e. The smallest absolute Gasteiger partial charge is 0.202 e. The molecule has 0 saturated heterocycles. The Morgan fingerprint density at radius 3 is 2.91 bits per heavy atom. The van der Waals surface area contributed by atoms with Crippen LogP contribution in [0, 0.1) is 11.3 Å². The predicted molar refractivity (Wildman–Crippen MR) is 46.7 cm³/mol. The van der Waals surface area contributed by atoms with Crippen LogP contribution in [0.15, 0.2) is 12.1 Å². The molecule has 56 valence electrons. The van der Waals surface area contributed by atoms with E-state index in [2.05, 4.69) is 15.9 Å². The van der Waals surface area contributed by atoms with E-state index in [-0.39, 0.29) is 4.69 Å². The van der Waals surface area contributed by atoms with Crippen LogP contribution in [0.25, 0.3) is 0 Å². The fraction of sp³-hybridized carbons (Fsp3) is 0.143. The zero-order chi connectivity index (χ0) is 8.27. The van der Waals surface area contributed by atoms with Crippen LogP contribution >= 0.6 is 27.3 Å². The van der Waals surface area contributed by atoms with Crippen molar-refractivity contribution < 1.29 is 4.79 Å². The molecular weight excluding hydrogens is 226 g/mol. The van der Waals surface area contributed by atoms with E-state index < -0.39 is 0 Å². The van der Waals surface area contributed by atoms with Crippen LogP contribution < -0.4 is 0 Å². The topological polar surface area (TPSA) is 40.9 Å². The first kappa shape index (κ1) is 8.44. The SMILES string of the molecule is N#Cc1ccc(CC(=O)Br)s1. The molecule has 0 atom stereocenters. The summed E-state index contributed by atoms with van der Waals surface area (Å²) in [6, 6.07) is 5.52. The van der Waals surface area contributed by atoms with E-state index >= 15 is 0 Å². The van der Waals surface area contributed by atoms with Crippen LogP contribution in [-0.4, -0.2) is 4.69 Å². The summed E-state index contributed by atoms with van der Waals surface area (Å²) in [4.78, 5) is 12.1.